The van der Waals surface area contributed by atoms with E-state index in [9.17, 15) is 0 Å². The van der Waals surface area contributed by atoms with Crippen LogP contribution in [0.3, 0.4) is 0 Å². The molecule has 0 saturated heterocycles. The number of thiophene rings is 1. The third kappa shape index (κ3) is 5.50. The van der Waals surface area contributed by atoms with Crippen LogP contribution >= 0.6 is 11.3 Å². The number of fused-ring (bicyclic) bond motifs is 3. The monoisotopic (exact) mass is 642 g/mol. The van der Waals surface area contributed by atoms with Crippen molar-refractivity contribution in [3.8, 4) is 67.3 Å². The quantitative estimate of drug-likeness (QED) is 0.180. The minimum Gasteiger partial charge on any atom is -0.228 e. The lowest BCUT2D eigenvalue weighted by atomic mass is 9.98. The Morgan fingerprint density at radius 1 is 0.306 bits per heavy atom. The molecule has 0 fully saturated rings. The van der Waals surface area contributed by atoms with Gasteiger partial charge in [0.25, 0.3) is 0 Å². The smallest absolute Gasteiger partial charge is 0.160 e. The first kappa shape index (κ1) is 29.0. The Hall–Kier alpha value is -6.16. The predicted octanol–water partition coefficient (Wildman–Crippen LogP) is 12.8. The molecule has 0 saturated carbocycles. The van der Waals surface area contributed by atoms with Crippen LogP contribution in [0.4, 0.5) is 0 Å². The summed E-state index contributed by atoms with van der Waals surface area (Å²) in [5.74, 6) is 0.715. The summed E-state index contributed by atoms with van der Waals surface area (Å²) >= 11 is 1.88. The summed E-state index contributed by atoms with van der Waals surface area (Å²) in [6.45, 7) is 0. The van der Waals surface area contributed by atoms with Crippen molar-refractivity contribution in [3.63, 3.8) is 0 Å². The van der Waals surface area contributed by atoms with Crippen LogP contribution < -0.4 is 0 Å². The van der Waals surface area contributed by atoms with Gasteiger partial charge in [0.2, 0.25) is 0 Å². The second kappa shape index (κ2) is 12.5. The maximum Gasteiger partial charge on any atom is 0.160 e. The van der Waals surface area contributed by atoms with Crippen molar-refractivity contribution in [1.82, 2.24) is 9.97 Å². The van der Waals surface area contributed by atoms with Crippen LogP contribution in [0, 0.1) is 0 Å². The van der Waals surface area contributed by atoms with Crippen molar-refractivity contribution >= 4 is 31.5 Å². The summed E-state index contributed by atoms with van der Waals surface area (Å²) in [5, 5.41) is 2.56. The first-order chi connectivity index (χ1) is 24.3. The zero-order valence-electron chi connectivity index (χ0n) is 26.6. The van der Waals surface area contributed by atoms with E-state index in [1.165, 1.54) is 48.0 Å². The lowest BCUT2D eigenvalue weighted by Gasteiger charge is -2.11. The molecule has 0 N–H and O–H groups in total. The van der Waals surface area contributed by atoms with Crippen molar-refractivity contribution in [2.24, 2.45) is 0 Å². The molecule has 7 aromatic carbocycles. The lowest BCUT2D eigenvalue weighted by molar-refractivity contribution is 1.18. The Labute approximate surface area is 289 Å². The summed E-state index contributed by atoms with van der Waals surface area (Å²) in [5.41, 5.74) is 12.3. The minimum absolute atomic E-state index is 0.715. The number of aromatic nitrogens is 2. The molecule has 0 amide bonds. The maximum absolute atomic E-state index is 5.09. The Morgan fingerprint density at radius 2 is 0.735 bits per heavy atom. The van der Waals surface area contributed by atoms with Gasteiger partial charge in [-0.05, 0) is 45.5 Å². The normalized spacial score (nSPS) is 11.3. The van der Waals surface area contributed by atoms with Gasteiger partial charge in [-0.25, -0.2) is 9.97 Å². The molecule has 2 aromatic heterocycles. The molecule has 9 rings (SSSR count). The molecular weight excluding hydrogens is 613 g/mol. The van der Waals surface area contributed by atoms with Gasteiger partial charge in [-0.1, -0.05) is 170 Å². The second-order valence-corrected chi connectivity index (χ2v) is 13.2. The van der Waals surface area contributed by atoms with E-state index in [2.05, 4.69) is 170 Å². The van der Waals surface area contributed by atoms with Crippen LogP contribution in [0.15, 0.2) is 182 Å². The molecule has 0 aliphatic rings. The number of rotatable bonds is 6. The van der Waals surface area contributed by atoms with E-state index in [4.69, 9.17) is 9.97 Å². The van der Waals surface area contributed by atoms with Crippen molar-refractivity contribution in [2.75, 3.05) is 0 Å². The van der Waals surface area contributed by atoms with Crippen LogP contribution in [-0.2, 0) is 0 Å². The van der Waals surface area contributed by atoms with E-state index >= 15 is 0 Å². The highest BCUT2D eigenvalue weighted by Gasteiger charge is 2.16. The van der Waals surface area contributed by atoms with Gasteiger partial charge >= 0.3 is 0 Å². The summed E-state index contributed by atoms with van der Waals surface area (Å²) in [4.78, 5) is 10.2. The Bertz CT molecular complexity index is 2510. The van der Waals surface area contributed by atoms with E-state index in [0.29, 0.717) is 5.82 Å². The van der Waals surface area contributed by atoms with Gasteiger partial charge in [-0.2, -0.15) is 0 Å². The van der Waals surface area contributed by atoms with Crippen LogP contribution in [0.1, 0.15) is 0 Å². The van der Waals surface area contributed by atoms with Gasteiger partial charge in [0.05, 0.1) is 11.4 Å². The van der Waals surface area contributed by atoms with Gasteiger partial charge in [-0.3, -0.25) is 0 Å². The van der Waals surface area contributed by atoms with Gasteiger partial charge in [0, 0.05) is 36.9 Å². The molecule has 0 spiro atoms. The predicted molar refractivity (Wildman–Crippen MR) is 208 cm³/mol. The molecule has 230 valence electrons. The third-order valence-electron chi connectivity index (χ3n) is 9.12. The van der Waals surface area contributed by atoms with E-state index < -0.39 is 0 Å². The summed E-state index contributed by atoms with van der Waals surface area (Å²) in [6, 6.07) is 64.3. The molecular formula is C46H30N2S. The molecule has 0 radical (unpaired) electrons. The van der Waals surface area contributed by atoms with Crippen molar-refractivity contribution in [1.29, 1.82) is 0 Å². The number of nitrogens with zero attached hydrogens (tertiary/aromatic N) is 2. The number of benzene rings is 7. The topological polar surface area (TPSA) is 25.8 Å². The van der Waals surface area contributed by atoms with Gasteiger partial charge in [-0.15, -0.1) is 11.3 Å². The van der Waals surface area contributed by atoms with Gasteiger partial charge < -0.3 is 0 Å². The van der Waals surface area contributed by atoms with Crippen molar-refractivity contribution < 1.29 is 0 Å². The molecule has 2 heterocycles. The Kier molecular flexibility index (Phi) is 7.38. The van der Waals surface area contributed by atoms with Gasteiger partial charge in [0.1, 0.15) is 0 Å². The summed E-state index contributed by atoms with van der Waals surface area (Å²) < 4.78 is 2.59. The molecule has 49 heavy (non-hydrogen) atoms. The molecule has 3 heteroatoms. The zero-order chi connectivity index (χ0) is 32.6. The van der Waals surface area contributed by atoms with E-state index in [1.54, 1.807) is 0 Å². The minimum atomic E-state index is 0.715. The van der Waals surface area contributed by atoms with Crippen LogP contribution in [0.25, 0.3) is 87.5 Å². The second-order valence-electron chi connectivity index (χ2n) is 12.2. The lowest BCUT2D eigenvalue weighted by Crippen LogP contribution is -1.96. The Balaban J connectivity index is 1.15. The first-order valence-corrected chi connectivity index (χ1v) is 17.3. The molecule has 2 nitrogen and oxygen atoms in total. The van der Waals surface area contributed by atoms with Crippen molar-refractivity contribution in [2.45, 2.75) is 0 Å². The van der Waals surface area contributed by atoms with Crippen LogP contribution in [-0.4, -0.2) is 9.97 Å². The molecule has 0 aliphatic heterocycles. The fraction of sp³-hybridized carbons (Fsp3) is 0. The number of hydrogen-bond acceptors (Lipinski definition) is 3. The first-order valence-electron chi connectivity index (χ1n) is 16.5. The van der Waals surface area contributed by atoms with E-state index in [1.807, 2.05) is 23.5 Å². The molecule has 0 bridgehead atoms. The summed E-state index contributed by atoms with van der Waals surface area (Å²) in [6.07, 6.45) is 0. The highest BCUT2D eigenvalue weighted by Crippen LogP contribution is 2.44. The largest absolute Gasteiger partial charge is 0.228 e. The zero-order valence-corrected chi connectivity index (χ0v) is 27.4. The average Bonchev–Trinajstić information content (AvgIpc) is 3.58. The van der Waals surface area contributed by atoms with Gasteiger partial charge in [0.15, 0.2) is 5.82 Å². The molecule has 0 atom stereocenters. The highest BCUT2D eigenvalue weighted by molar-refractivity contribution is 7.26. The van der Waals surface area contributed by atoms with Crippen molar-refractivity contribution in [3.05, 3.63) is 182 Å². The molecule has 0 aliphatic carbocycles. The fourth-order valence-corrected chi connectivity index (χ4v) is 8.04. The van der Waals surface area contributed by atoms with E-state index in [0.717, 1.165) is 33.6 Å². The van der Waals surface area contributed by atoms with Crippen LogP contribution in [0.5, 0.6) is 0 Å². The average molecular weight is 643 g/mol. The molecule has 9 aromatic rings. The number of hydrogen-bond donors (Lipinski definition) is 0. The Morgan fingerprint density at radius 3 is 1.31 bits per heavy atom. The maximum atomic E-state index is 5.09. The van der Waals surface area contributed by atoms with E-state index in [-0.39, 0.29) is 0 Å². The standard InChI is InChI=1S/C46H30N2S/c1-4-13-31(14-5-1)32-25-27-33(28-26-32)38-21-11-23-40-41-24-12-22-39(45(41)49-44(38)40)36-19-10-20-37(29-36)46-47-42(34-15-6-2-7-16-34)30-43(48-46)35-17-8-3-9-18-35/h1-30H. The molecule has 0 unspecified atom stereocenters. The third-order valence-corrected chi connectivity index (χ3v) is 10.4. The fourth-order valence-electron chi connectivity index (χ4n) is 6.66. The summed E-state index contributed by atoms with van der Waals surface area (Å²) in [7, 11) is 0. The SMILES string of the molecule is c1ccc(-c2ccc(-c3cccc4c3sc3c(-c5cccc(-c6nc(-c7ccccc7)cc(-c7ccccc7)n6)c5)cccc34)cc2)cc1. The highest BCUT2D eigenvalue weighted by atomic mass is 32.1. The van der Waals surface area contributed by atoms with Crippen LogP contribution in [0.2, 0.25) is 0 Å².